The maximum absolute atomic E-state index is 10.9. The third-order valence-corrected chi connectivity index (χ3v) is 6.34. The zero-order valence-corrected chi connectivity index (χ0v) is 17.2. The largest absolute Gasteiger partial charge is 0.497 e. The number of nitrogens with one attached hydrogen (secondary N) is 1. The number of hydrogen-bond acceptors (Lipinski definition) is 5. The van der Waals surface area contributed by atoms with E-state index in [9.17, 15) is 5.11 Å². The quantitative estimate of drug-likeness (QED) is 0.745. The lowest BCUT2D eigenvalue weighted by atomic mass is 9.80. The number of ether oxygens (including phenoxy) is 1. The molecule has 4 rings (SSSR count). The van der Waals surface area contributed by atoms with E-state index >= 15 is 0 Å². The molecule has 5 heteroatoms. The van der Waals surface area contributed by atoms with Crippen LogP contribution in [-0.4, -0.2) is 41.6 Å². The molecule has 1 aromatic heterocycles. The Morgan fingerprint density at radius 2 is 2.07 bits per heavy atom. The minimum Gasteiger partial charge on any atom is -0.497 e. The fraction of sp³-hybridized carbons (Fsp3) is 0.500. The van der Waals surface area contributed by atoms with Crippen LogP contribution in [0.25, 0.3) is 10.9 Å². The SMILES string of the molecule is COc1ccc2nccc(C[C@@H](O)C3CCC(NCC4=NC=CCC4)CC3)c2c1. The molecule has 0 saturated heterocycles. The number of allylic oxidation sites excluding steroid dienone is 1. The minimum atomic E-state index is -0.319. The Labute approximate surface area is 172 Å². The third kappa shape index (κ3) is 5.03. The van der Waals surface area contributed by atoms with Gasteiger partial charge in [0.05, 0.1) is 18.7 Å². The molecule has 0 radical (unpaired) electrons. The Hall–Kier alpha value is -2.24. The van der Waals surface area contributed by atoms with Gasteiger partial charge in [0.25, 0.3) is 0 Å². The molecular weight excluding hydrogens is 362 g/mol. The minimum absolute atomic E-state index is 0.319. The van der Waals surface area contributed by atoms with Crippen LogP contribution >= 0.6 is 0 Å². The summed E-state index contributed by atoms with van der Waals surface area (Å²) in [7, 11) is 1.68. The van der Waals surface area contributed by atoms with E-state index in [0.29, 0.717) is 18.4 Å². The number of benzene rings is 1. The lowest BCUT2D eigenvalue weighted by molar-refractivity contribution is 0.0792. The van der Waals surface area contributed by atoms with Crippen LogP contribution in [0.3, 0.4) is 0 Å². The first-order chi connectivity index (χ1) is 14.2. The first-order valence-electron chi connectivity index (χ1n) is 10.8. The lowest BCUT2D eigenvalue weighted by Gasteiger charge is -2.32. The molecule has 0 bridgehead atoms. The molecule has 2 N–H and O–H groups in total. The van der Waals surface area contributed by atoms with Crippen LogP contribution in [0.5, 0.6) is 5.75 Å². The van der Waals surface area contributed by atoms with Crippen LogP contribution in [0.15, 0.2) is 47.7 Å². The maximum Gasteiger partial charge on any atom is 0.119 e. The summed E-state index contributed by atoms with van der Waals surface area (Å²) in [6.45, 7) is 0.896. The molecule has 1 aliphatic heterocycles. The van der Waals surface area contributed by atoms with Crippen molar-refractivity contribution in [3.8, 4) is 5.75 Å². The molecule has 1 aromatic carbocycles. The average molecular weight is 394 g/mol. The van der Waals surface area contributed by atoms with Crippen molar-refractivity contribution in [2.75, 3.05) is 13.7 Å². The second kappa shape index (κ2) is 9.51. The van der Waals surface area contributed by atoms with E-state index in [1.165, 1.54) is 5.71 Å². The van der Waals surface area contributed by atoms with Crippen LogP contribution in [0.2, 0.25) is 0 Å². The average Bonchev–Trinajstić information content (AvgIpc) is 2.78. The highest BCUT2D eigenvalue weighted by atomic mass is 16.5. The van der Waals surface area contributed by atoms with E-state index in [-0.39, 0.29) is 6.10 Å². The molecule has 2 aromatic rings. The normalized spacial score (nSPS) is 23.0. The van der Waals surface area contributed by atoms with Crippen molar-refractivity contribution in [2.45, 2.75) is 57.1 Å². The van der Waals surface area contributed by atoms with Gasteiger partial charge in [0, 0.05) is 36.1 Å². The Morgan fingerprint density at radius 3 is 2.83 bits per heavy atom. The molecule has 0 spiro atoms. The summed E-state index contributed by atoms with van der Waals surface area (Å²) < 4.78 is 5.37. The van der Waals surface area contributed by atoms with Crippen LogP contribution in [0, 0.1) is 5.92 Å². The number of hydrogen-bond donors (Lipinski definition) is 2. The van der Waals surface area contributed by atoms with E-state index in [1.54, 1.807) is 7.11 Å². The van der Waals surface area contributed by atoms with Gasteiger partial charge in [-0.05, 0) is 80.7 Å². The van der Waals surface area contributed by atoms with Crippen molar-refractivity contribution in [2.24, 2.45) is 10.9 Å². The molecule has 2 heterocycles. The van der Waals surface area contributed by atoms with Gasteiger partial charge in [-0.25, -0.2) is 0 Å². The number of nitrogens with zero attached hydrogens (tertiary/aromatic N) is 2. The summed E-state index contributed by atoms with van der Waals surface area (Å²) in [6.07, 6.45) is 12.8. The van der Waals surface area contributed by atoms with Gasteiger partial charge in [0.2, 0.25) is 0 Å². The van der Waals surface area contributed by atoms with Gasteiger partial charge >= 0.3 is 0 Å². The fourth-order valence-corrected chi connectivity index (χ4v) is 4.53. The topological polar surface area (TPSA) is 66.7 Å². The summed E-state index contributed by atoms with van der Waals surface area (Å²) >= 11 is 0. The smallest absolute Gasteiger partial charge is 0.119 e. The second-order valence-corrected chi connectivity index (χ2v) is 8.24. The molecule has 0 amide bonds. The summed E-state index contributed by atoms with van der Waals surface area (Å²) in [4.78, 5) is 8.91. The number of aliphatic imine (C=N–C) groups is 1. The third-order valence-electron chi connectivity index (χ3n) is 6.34. The van der Waals surface area contributed by atoms with Crippen molar-refractivity contribution in [1.29, 1.82) is 0 Å². The number of methoxy groups -OCH3 is 1. The molecule has 1 aliphatic carbocycles. The highest BCUT2D eigenvalue weighted by Gasteiger charge is 2.27. The fourth-order valence-electron chi connectivity index (χ4n) is 4.53. The van der Waals surface area contributed by atoms with Crippen molar-refractivity contribution in [3.05, 3.63) is 48.3 Å². The van der Waals surface area contributed by atoms with Crippen LogP contribution in [-0.2, 0) is 6.42 Å². The highest BCUT2D eigenvalue weighted by molar-refractivity contribution is 5.87. The maximum atomic E-state index is 10.9. The standard InChI is InChI=1S/C24H31N3O2/c1-29-21-9-10-23-22(15-21)18(11-13-26-23)14-24(28)17-5-7-19(8-6-17)27-16-20-4-2-3-12-25-20/h3,9-13,15,17,19,24,27-28H,2,4-8,14,16H2,1H3/t17?,19?,24-/m1/s1. The van der Waals surface area contributed by atoms with Crippen LogP contribution < -0.4 is 10.1 Å². The molecular formula is C24H31N3O2. The van der Waals surface area contributed by atoms with Crippen LogP contribution in [0.1, 0.15) is 44.1 Å². The van der Waals surface area contributed by atoms with Crippen molar-refractivity contribution >= 4 is 16.6 Å². The van der Waals surface area contributed by atoms with Gasteiger partial charge in [-0.2, -0.15) is 0 Å². The van der Waals surface area contributed by atoms with Gasteiger partial charge in [0.15, 0.2) is 0 Å². The monoisotopic (exact) mass is 393 g/mol. The highest BCUT2D eigenvalue weighted by Crippen LogP contribution is 2.30. The Balaban J connectivity index is 1.32. The predicted molar refractivity (Wildman–Crippen MR) is 118 cm³/mol. The van der Waals surface area contributed by atoms with Gasteiger partial charge in [-0.15, -0.1) is 0 Å². The van der Waals surface area contributed by atoms with Crippen molar-refractivity contribution in [3.63, 3.8) is 0 Å². The van der Waals surface area contributed by atoms with E-state index in [1.807, 2.05) is 36.7 Å². The first-order valence-corrected chi connectivity index (χ1v) is 10.8. The van der Waals surface area contributed by atoms with Gasteiger partial charge in [0.1, 0.15) is 5.75 Å². The molecule has 1 saturated carbocycles. The van der Waals surface area contributed by atoms with Gasteiger partial charge < -0.3 is 15.2 Å². The number of pyridine rings is 1. The predicted octanol–water partition coefficient (Wildman–Crippen LogP) is 4.04. The molecule has 0 unspecified atom stereocenters. The summed E-state index contributed by atoms with van der Waals surface area (Å²) in [5.41, 5.74) is 3.35. The van der Waals surface area contributed by atoms with E-state index in [0.717, 1.165) is 67.3 Å². The number of aliphatic hydroxyl groups excluding tert-OH is 1. The first kappa shape index (κ1) is 20.0. The number of aromatic nitrogens is 1. The van der Waals surface area contributed by atoms with Gasteiger partial charge in [-0.1, -0.05) is 6.08 Å². The van der Waals surface area contributed by atoms with Crippen molar-refractivity contribution < 1.29 is 9.84 Å². The zero-order chi connectivity index (χ0) is 20.1. The molecule has 154 valence electrons. The van der Waals surface area contributed by atoms with Gasteiger partial charge in [-0.3, -0.25) is 9.98 Å². The molecule has 29 heavy (non-hydrogen) atoms. The van der Waals surface area contributed by atoms with E-state index in [4.69, 9.17) is 4.74 Å². The zero-order valence-electron chi connectivity index (χ0n) is 17.2. The van der Waals surface area contributed by atoms with E-state index < -0.39 is 0 Å². The van der Waals surface area contributed by atoms with Crippen LogP contribution in [0.4, 0.5) is 0 Å². The Kier molecular flexibility index (Phi) is 6.57. The summed E-state index contributed by atoms with van der Waals surface area (Å²) in [6, 6.07) is 8.50. The number of rotatable bonds is 7. The molecule has 2 aliphatic rings. The van der Waals surface area contributed by atoms with Crippen molar-refractivity contribution in [1.82, 2.24) is 10.3 Å². The van der Waals surface area contributed by atoms with E-state index in [2.05, 4.69) is 21.4 Å². The summed E-state index contributed by atoms with van der Waals surface area (Å²) in [5, 5.41) is 15.7. The second-order valence-electron chi connectivity index (χ2n) is 8.24. The summed E-state index contributed by atoms with van der Waals surface area (Å²) in [5.74, 6) is 1.18. The molecule has 1 atom stereocenters. The molecule has 1 fully saturated rings. The Morgan fingerprint density at radius 1 is 1.21 bits per heavy atom. The number of fused-ring (bicyclic) bond motifs is 1. The Bertz CT molecular complexity index is 885. The molecule has 5 nitrogen and oxygen atoms in total. The number of aliphatic hydroxyl groups is 1. The lowest BCUT2D eigenvalue weighted by Crippen LogP contribution is -2.39.